The lowest BCUT2D eigenvalue weighted by Crippen LogP contribution is -2.06. The van der Waals surface area contributed by atoms with Gasteiger partial charge in [-0.3, -0.25) is 15.5 Å². The molecule has 6 nitrogen and oxygen atoms in total. The van der Waals surface area contributed by atoms with Gasteiger partial charge in [-0.2, -0.15) is 18.3 Å². The van der Waals surface area contributed by atoms with E-state index in [9.17, 15) is 23.3 Å². The van der Waals surface area contributed by atoms with Crippen LogP contribution < -0.4 is 10.2 Å². The number of nitro groups is 1. The molecule has 0 amide bonds. The third-order valence-electron chi connectivity index (χ3n) is 3.04. The summed E-state index contributed by atoms with van der Waals surface area (Å²) in [5, 5.41) is 14.7. The molecule has 24 heavy (non-hydrogen) atoms. The summed E-state index contributed by atoms with van der Waals surface area (Å²) in [6.45, 7) is 0. The van der Waals surface area contributed by atoms with Crippen molar-refractivity contribution in [3.05, 3.63) is 63.7 Å². The van der Waals surface area contributed by atoms with E-state index in [4.69, 9.17) is 4.74 Å². The monoisotopic (exact) mass is 339 g/mol. The molecule has 0 bridgehead atoms. The average molecular weight is 339 g/mol. The Bertz CT molecular complexity index is 759. The molecule has 0 saturated heterocycles. The number of methoxy groups -OCH3 is 1. The van der Waals surface area contributed by atoms with Gasteiger partial charge in [0.05, 0.1) is 23.8 Å². The molecular formula is C15H12F3N3O3. The first-order valence-corrected chi connectivity index (χ1v) is 6.60. The van der Waals surface area contributed by atoms with E-state index >= 15 is 0 Å². The Kier molecular flexibility index (Phi) is 5.02. The maximum Gasteiger partial charge on any atom is 0.416 e. The van der Waals surface area contributed by atoms with E-state index in [0.29, 0.717) is 17.4 Å². The SMILES string of the molecule is COc1ccc(/C=N\Nc2ccc(C(F)(F)F)cc2[N+](=O)[O-])cc1. The van der Waals surface area contributed by atoms with Crippen molar-refractivity contribution in [2.75, 3.05) is 12.5 Å². The number of rotatable bonds is 5. The Morgan fingerprint density at radius 1 is 1.21 bits per heavy atom. The van der Waals surface area contributed by atoms with E-state index in [-0.39, 0.29) is 5.69 Å². The van der Waals surface area contributed by atoms with Gasteiger partial charge in [-0.15, -0.1) is 0 Å². The van der Waals surface area contributed by atoms with E-state index in [1.807, 2.05) is 0 Å². The van der Waals surface area contributed by atoms with Crippen molar-refractivity contribution in [1.82, 2.24) is 0 Å². The van der Waals surface area contributed by atoms with Gasteiger partial charge in [0.25, 0.3) is 5.69 Å². The molecule has 0 spiro atoms. The highest BCUT2D eigenvalue weighted by Crippen LogP contribution is 2.34. The van der Waals surface area contributed by atoms with Crippen molar-refractivity contribution >= 4 is 17.6 Å². The van der Waals surface area contributed by atoms with E-state index in [2.05, 4.69) is 10.5 Å². The second kappa shape index (κ2) is 6.99. The lowest BCUT2D eigenvalue weighted by molar-refractivity contribution is -0.384. The van der Waals surface area contributed by atoms with Crippen molar-refractivity contribution in [2.24, 2.45) is 5.10 Å². The minimum atomic E-state index is -4.66. The lowest BCUT2D eigenvalue weighted by atomic mass is 10.1. The molecule has 0 aliphatic rings. The smallest absolute Gasteiger partial charge is 0.416 e. The Balaban J connectivity index is 2.19. The molecule has 0 fully saturated rings. The second-order valence-electron chi connectivity index (χ2n) is 4.63. The molecule has 0 aliphatic heterocycles. The van der Waals surface area contributed by atoms with Crippen molar-refractivity contribution in [1.29, 1.82) is 0 Å². The van der Waals surface area contributed by atoms with Gasteiger partial charge in [-0.05, 0) is 42.0 Å². The van der Waals surface area contributed by atoms with Gasteiger partial charge < -0.3 is 4.74 Å². The standard InChI is InChI=1S/C15H12F3N3O3/c1-24-12-5-2-10(3-6-12)9-19-20-13-7-4-11(15(16,17)18)8-14(13)21(22)23/h2-9,20H,1H3/b19-9-. The molecule has 2 aromatic rings. The number of alkyl halides is 3. The fourth-order valence-electron chi connectivity index (χ4n) is 1.82. The zero-order valence-corrected chi connectivity index (χ0v) is 12.4. The van der Waals surface area contributed by atoms with Crippen LogP contribution in [-0.4, -0.2) is 18.2 Å². The predicted octanol–water partition coefficient (Wildman–Crippen LogP) is 4.07. The minimum absolute atomic E-state index is 0.141. The van der Waals surface area contributed by atoms with E-state index in [1.54, 1.807) is 24.3 Å². The summed E-state index contributed by atoms with van der Waals surface area (Å²) < 4.78 is 42.8. The van der Waals surface area contributed by atoms with Crippen LogP contribution in [0.3, 0.4) is 0 Å². The van der Waals surface area contributed by atoms with Crippen LogP contribution in [0.2, 0.25) is 0 Å². The van der Waals surface area contributed by atoms with Gasteiger partial charge in [-0.1, -0.05) is 0 Å². The lowest BCUT2D eigenvalue weighted by Gasteiger charge is -2.08. The fourth-order valence-corrected chi connectivity index (χ4v) is 1.82. The molecular weight excluding hydrogens is 327 g/mol. The van der Waals surface area contributed by atoms with Crippen molar-refractivity contribution < 1.29 is 22.8 Å². The zero-order chi connectivity index (χ0) is 17.7. The Hall–Kier alpha value is -3.10. The first-order valence-electron chi connectivity index (χ1n) is 6.60. The van der Waals surface area contributed by atoms with Gasteiger partial charge in [0.1, 0.15) is 11.4 Å². The Morgan fingerprint density at radius 3 is 2.42 bits per heavy atom. The van der Waals surface area contributed by atoms with E-state index in [1.165, 1.54) is 13.3 Å². The summed E-state index contributed by atoms with van der Waals surface area (Å²) in [5.74, 6) is 0.651. The first kappa shape index (κ1) is 17.3. The van der Waals surface area contributed by atoms with Gasteiger partial charge in [-0.25, -0.2) is 0 Å². The minimum Gasteiger partial charge on any atom is -0.497 e. The number of hydrazone groups is 1. The number of ether oxygens (including phenoxy) is 1. The summed E-state index contributed by atoms with van der Waals surface area (Å²) in [7, 11) is 1.52. The normalized spacial score (nSPS) is 11.5. The number of nitrogens with one attached hydrogen (secondary N) is 1. The predicted molar refractivity (Wildman–Crippen MR) is 82.3 cm³/mol. The Morgan fingerprint density at radius 2 is 1.88 bits per heavy atom. The van der Waals surface area contributed by atoms with Gasteiger partial charge >= 0.3 is 6.18 Å². The van der Waals surface area contributed by atoms with Gasteiger partial charge in [0, 0.05) is 6.07 Å². The van der Waals surface area contributed by atoms with Crippen LogP contribution in [-0.2, 0) is 6.18 Å². The van der Waals surface area contributed by atoms with Gasteiger partial charge in [0.15, 0.2) is 0 Å². The maximum atomic E-state index is 12.6. The average Bonchev–Trinajstić information content (AvgIpc) is 2.54. The van der Waals surface area contributed by atoms with Crippen LogP contribution in [0.15, 0.2) is 47.6 Å². The maximum absolute atomic E-state index is 12.6. The highest BCUT2D eigenvalue weighted by molar-refractivity contribution is 5.80. The molecule has 0 atom stereocenters. The van der Waals surface area contributed by atoms with Gasteiger partial charge in [0.2, 0.25) is 0 Å². The highest BCUT2D eigenvalue weighted by atomic mass is 19.4. The molecule has 0 aromatic heterocycles. The second-order valence-corrected chi connectivity index (χ2v) is 4.63. The summed E-state index contributed by atoms with van der Waals surface area (Å²) in [6, 6.07) is 8.97. The molecule has 1 N–H and O–H groups in total. The number of halogens is 3. The summed E-state index contributed by atoms with van der Waals surface area (Å²) >= 11 is 0. The van der Waals surface area contributed by atoms with E-state index in [0.717, 1.165) is 12.1 Å². The molecule has 9 heteroatoms. The summed E-state index contributed by atoms with van der Waals surface area (Å²) in [6.07, 6.45) is -3.28. The van der Waals surface area contributed by atoms with Crippen LogP contribution in [0, 0.1) is 10.1 Å². The van der Waals surface area contributed by atoms with E-state index < -0.39 is 22.4 Å². The van der Waals surface area contributed by atoms with Crippen LogP contribution in [0.4, 0.5) is 24.5 Å². The fraction of sp³-hybridized carbons (Fsp3) is 0.133. The number of nitro benzene ring substituents is 1. The summed E-state index contributed by atoms with van der Waals surface area (Å²) in [5.41, 5.74) is 1.11. The quantitative estimate of drug-likeness (QED) is 0.506. The molecule has 2 aromatic carbocycles. The molecule has 0 unspecified atom stereocenters. The van der Waals surface area contributed by atoms with Crippen LogP contribution in [0.1, 0.15) is 11.1 Å². The largest absolute Gasteiger partial charge is 0.497 e. The third kappa shape index (κ3) is 4.22. The molecule has 2 rings (SSSR count). The first-order chi connectivity index (χ1) is 11.3. The number of anilines is 1. The van der Waals surface area contributed by atoms with Crippen LogP contribution in [0.5, 0.6) is 5.75 Å². The highest BCUT2D eigenvalue weighted by Gasteiger charge is 2.33. The molecule has 0 aliphatic carbocycles. The molecule has 0 saturated carbocycles. The molecule has 0 radical (unpaired) electrons. The molecule has 0 heterocycles. The van der Waals surface area contributed by atoms with Crippen LogP contribution >= 0.6 is 0 Å². The molecule has 126 valence electrons. The summed E-state index contributed by atoms with van der Waals surface area (Å²) in [4.78, 5) is 10.0. The van der Waals surface area contributed by atoms with Crippen molar-refractivity contribution in [3.63, 3.8) is 0 Å². The topological polar surface area (TPSA) is 76.8 Å². The van der Waals surface area contributed by atoms with Crippen LogP contribution in [0.25, 0.3) is 0 Å². The number of benzene rings is 2. The van der Waals surface area contributed by atoms with Crippen molar-refractivity contribution in [3.8, 4) is 5.75 Å². The number of nitrogens with zero attached hydrogens (tertiary/aromatic N) is 2. The third-order valence-corrected chi connectivity index (χ3v) is 3.04. The zero-order valence-electron chi connectivity index (χ0n) is 12.4. The number of hydrogen-bond donors (Lipinski definition) is 1. The number of hydrogen-bond acceptors (Lipinski definition) is 5. The van der Waals surface area contributed by atoms with Crippen molar-refractivity contribution in [2.45, 2.75) is 6.18 Å². The Labute approximate surface area is 134 Å².